The maximum absolute atomic E-state index is 12.8. The highest BCUT2D eigenvalue weighted by molar-refractivity contribution is 5.88. The van der Waals surface area contributed by atoms with E-state index >= 15 is 0 Å². The molecule has 4 heterocycles. The summed E-state index contributed by atoms with van der Waals surface area (Å²) in [7, 11) is 1.77. The second kappa shape index (κ2) is 11.6. The topological polar surface area (TPSA) is 128 Å². The molecule has 3 aromatic heterocycles. The number of H-pyrrole nitrogens is 1. The fraction of sp³-hybridized carbons (Fsp3) is 0.429. The summed E-state index contributed by atoms with van der Waals surface area (Å²) in [6.07, 6.45) is 6.60. The van der Waals surface area contributed by atoms with Crippen LogP contribution in [0.2, 0.25) is 0 Å². The first-order chi connectivity index (χ1) is 19.0. The van der Waals surface area contributed by atoms with E-state index in [1.165, 1.54) is 12.4 Å². The summed E-state index contributed by atoms with van der Waals surface area (Å²) < 4.78 is 12.8. The van der Waals surface area contributed by atoms with Gasteiger partial charge in [-0.3, -0.25) is 9.48 Å². The zero-order chi connectivity index (χ0) is 27.4. The van der Waals surface area contributed by atoms with E-state index in [0.717, 1.165) is 55.8 Å². The van der Waals surface area contributed by atoms with Gasteiger partial charge in [0.05, 0.1) is 24.5 Å². The van der Waals surface area contributed by atoms with E-state index in [0.29, 0.717) is 47.5 Å². The molecule has 4 aromatic rings. The van der Waals surface area contributed by atoms with Gasteiger partial charge in [0.1, 0.15) is 17.1 Å². The molecular weight excluding hydrogens is 498 g/mol. The lowest BCUT2D eigenvalue weighted by Gasteiger charge is -2.31. The van der Waals surface area contributed by atoms with Crippen LogP contribution in [0.15, 0.2) is 41.5 Å². The molecule has 0 amide bonds. The van der Waals surface area contributed by atoms with Gasteiger partial charge < -0.3 is 19.4 Å². The van der Waals surface area contributed by atoms with Gasteiger partial charge in [-0.1, -0.05) is 25.5 Å². The number of aromatic nitrogens is 6. The van der Waals surface area contributed by atoms with Crippen LogP contribution < -0.4 is 15.2 Å². The third kappa shape index (κ3) is 5.76. The third-order valence-electron chi connectivity index (χ3n) is 6.89. The number of benzene rings is 1. The maximum Gasteiger partial charge on any atom is 0.341 e. The normalized spacial score (nSPS) is 14.1. The Bertz CT molecular complexity index is 1500. The predicted molar refractivity (Wildman–Crippen MR) is 147 cm³/mol. The summed E-state index contributed by atoms with van der Waals surface area (Å²) in [4.78, 5) is 43.1. The molecule has 0 radical (unpaired) electrons. The van der Waals surface area contributed by atoms with Gasteiger partial charge in [0.2, 0.25) is 5.95 Å². The third-order valence-corrected chi connectivity index (χ3v) is 6.89. The number of piperidine rings is 1. The fourth-order valence-corrected chi connectivity index (χ4v) is 4.84. The highest BCUT2D eigenvalue weighted by Crippen LogP contribution is 2.25. The number of aromatic amines is 1. The Hall–Kier alpha value is -4.28. The molecular formula is C28H33N7O4. The highest BCUT2D eigenvalue weighted by atomic mass is 16.5. The average molecular weight is 532 g/mol. The molecule has 5 rings (SSSR count). The van der Waals surface area contributed by atoms with Gasteiger partial charge >= 0.3 is 5.97 Å². The Kier molecular flexibility index (Phi) is 7.85. The van der Waals surface area contributed by atoms with Crippen LogP contribution in [0.25, 0.3) is 22.4 Å². The Labute approximate surface area is 226 Å². The smallest absolute Gasteiger partial charge is 0.341 e. The summed E-state index contributed by atoms with van der Waals surface area (Å²) in [5.41, 5.74) is 2.91. The predicted octanol–water partition coefficient (Wildman–Crippen LogP) is 3.54. The van der Waals surface area contributed by atoms with Crippen molar-refractivity contribution in [3.05, 3.63) is 58.3 Å². The second-order valence-corrected chi connectivity index (χ2v) is 9.69. The van der Waals surface area contributed by atoms with E-state index in [1.54, 1.807) is 18.7 Å². The summed E-state index contributed by atoms with van der Waals surface area (Å²) in [5, 5.41) is 4.50. The molecule has 0 unspecified atom stereocenters. The van der Waals surface area contributed by atoms with Gasteiger partial charge in [-0.2, -0.15) is 5.10 Å². The molecule has 0 spiro atoms. The number of carbonyl (C=O) groups excluding carboxylic acids is 1. The van der Waals surface area contributed by atoms with Crippen LogP contribution in [0.5, 0.6) is 5.75 Å². The fourth-order valence-electron chi connectivity index (χ4n) is 4.84. The Balaban J connectivity index is 1.20. The van der Waals surface area contributed by atoms with Crippen LogP contribution >= 0.6 is 0 Å². The van der Waals surface area contributed by atoms with Crippen LogP contribution in [0.3, 0.4) is 0 Å². The van der Waals surface area contributed by atoms with E-state index in [1.807, 2.05) is 24.3 Å². The first kappa shape index (κ1) is 26.3. The van der Waals surface area contributed by atoms with Gasteiger partial charge in [0, 0.05) is 38.1 Å². The molecule has 0 aliphatic carbocycles. The van der Waals surface area contributed by atoms with Crippen molar-refractivity contribution < 1.29 is 14.3 Å². The van der Waals surface area contributed by atoms with Crippen molar-refractivity contribution in [2.24, 2.45) is 13.0 Å². The first-order valence-electron chi connectivity index (χ1n) is 13.4. The van der Waals surface area contributed by atoms with Crippen molar-refractivity contribution in [2.75, 3.05) is 31.2 Å². The average Bonchev–Trinajstić information content (AvgIpc) is 3.28. The van der Waals surface area contributed by atoms with E-state index in [4.69, 9.17) is 14.5 Å². The zero-order valence-corrected chi connectivity index (χ0v) is 22.5. The van der Waals surface area contributed by atoms with Gasteiger partial charge in [0.25, 0.3) is 5.56 Å². The van der Waals surface area contributed by atoms with Crippen LogP contribution in [0.4, 0.5) is 5.95 Å². The minimum atomic E-state index is -0.412. The zero-order valence-electron chi connectivity index (χ0n) is 22.5. The molecule has 11 heteroatoms. The number of rotatable bonds is 9. The van der Waals surface area contributed by atoms with Crippen molar-refractivity contribution in [3.63, 3.8) is 0 Å². The molecule has 11 nitrogen and oxygen atoms in total. The Morgan fingerprint density at radius 3 is 2.64 bits per heavy atom. The molecule has 1 saturated heterocycles. The number of fused-ring (bicyclic) bond motifs is 1. The molecule has 1 fully saturated rings. The number of ether oxygens (including phenoxy) is 2. The standard InChI is InChI=1S/C28H33N7O4/c1-4-7-22-23-24(34(3)33-22)26(36)32-25(31-23)19-8-6-9-21(14-19)39-17-18-10-12-35(13-11-18)28-29-15-20(16-30-28)27(37)38-5-2/h6,8-9,14-16,18H,4-5,7,10-13,17H2,1-3H3,(H,31,32,36). The molecule has 1 aliphatic rings. The molecule has 0 atom stereocenters. The van der Waals surface area contributed by atoms with Crippen LogP contribution in [-0.4, -0.2) is 62.0 Å². The van der Waals surface area contributed by atoms with E-state index in [-0.39, 0.29) is 5.56 Å². The molecule has 1 aromatic carbocycles. The van der Waals surface area contributed by atoms with Crippen LogP contribution in [-0.2, 0) is 18.2 Å². The van der Waals surface area contributed by atoms with E-state index in [2.05, 4.69) is 31.9 Å². The van der Waals surface area contributed by atoms with Gasteiger partial charge in [-0.15, -0.1) is 0 Å². The van der Waals surface area contributed by atoms with Gasteiger partial charge in [0.15, 0.2) is 5.52 Å². The van der Waals surface area contributed by atoms with E-state index < -0.39 is 5.97 Å². The second-order valence-electron chi connectivity index (χ2n) is 9.69. The number of hydrogen-bond donors (Lipinski definition) is 1. The van der Waals surface area contributed by atoms with Crippen molar-refractivity contribution >= 4 is 23.0 Å². The van der Waals surface area contributed by atoms with Crippen molar-refractivity contribution in [2.45, 2.75) is 39.5 Å². The first-order valence-corrected chi connectivity index (χ1v) is 13.4. The number of aryl methyl sites for hydroxylation is 2. The van der Waals surface area contributed by atoms with E-state index in [9.17, 15) is 9.59 Å². The highest BCUT2D eigenvalue weighted by Gasteiger charge is 2.22. The number of hydrogen-bond acceptors (Lipinski definition) is 9. The van der Waals surface area contributed by atoms with Crippen molar-refractivity contribution in [1.82, 2.24) is 29.7 Å². The van der Waals surface area contributed by atoms with Crippen molar-refractivity contribution in [1.29, 1.82) is 0 Å². The number of carbonyl (C=O) groups is 1. The summed E-state index contributed by atoms with van der Waals surface area (Å²) in [5.74, 6) is 1.83. The van der Waals surface area contributed by atoms with Gasteiger partial charge in [-0.25, -0.2) is 19.7 Å². The minimum Gasteiger partial charge on any atom is -0.493 e. The van der Waals surface area contributed by atoms with Crippen LogP contribution in [0.1, 0.15) is 49.2 Å². The molecule has 204 valence electrons. The molecule has 39 heavy (non-hydrogen) atoms. The lowest BCUT2D eigenvalue weighted by atomic mass is 9.98. The lowest BCUT2D eigenvalue weighted by Crippen LogP contribution is -2.36. The summed E-state index contributed by atoms with van der Waals surface area (Å²) in [6, 6.07) is 7.65. The van der Waals surface area contributed by atoms with Crippen molar-refractivity contribution in [3.8, 4) is 17.1 Å². The minimum absolute atomic E-state index is 0.204. The van der Waals surface area contributed by atoms with Gasteiger partial charge in [-0.05, 0) is 44.2 Å². The SMILES string of the molecule is CCCc1nn(C)c2c(=O)[nH]c(-c3cccc(OCC4CCN(c5ncc(C(=O)OCC)cn5)CC4)c3)nc12. The largest absolute Gasteiger partial charge is 0.493 e. The maximum atomic E-state index is 12.8. The Morgan fingerprint density at radius 1 is 1.15 bits per heavy atom. The number of nitrogens with one attached hydrogen (secondary N) is 1. The molecule has 1 N–H and O–H groups in total. The lowest BCUT2D eigenvalue weighted by molar-refractivity contribution is 0.0525. The molecule has 0 saturated carbocycles. The summed E-state index contributed by atoms with van der Waals surface area (Å²) in [6.45, 7) is 6.37. The Morgan fingerprint density at radius 2 is 1.92 bits per heavy atom. The number of esters is 1. The quantitative estimate of drug-likeness (QED) is 0.323. The van der Waals surface area contributed by atoms with Crippen LogP contribution in [0, 0.1) is 5.92 Å². The monoisotopic (exact) mass is 531 g/mol. The number of nitrogens with zero attached hydrogens (tertiary/aromatic N) is 6. The molecule has 1 aliphatic heterocycles. The molecule has 0 bridgehead atoms. The number of anilines is 1. The summed E-state index contributed by atoms with van der Waals surface area (Å²) >= 11 is 0.